The van der Waals surface area contributed by atoms with Gasteiger partial charge in [-0.2, -0.15) is 5.26 Å². The van der Waals surface area contributed by atoms with Gasteiger partial charge in [-0.15, -0.1) is 0 Å². The standard InChI is InChI=1S/C13H15NO2/c1-8-4-9(2)12(10(3)5-8)6-11(7-14)13(15)16/h4-5,11H,6H2,1-3H3,(H,15,16)/t11-/m1/s1. The minimum absolute atomic E-state index is 0.282. The maximum atomic E-state index is 10.8. The molecule has 1 atom stereocenters. The van der Waals surface area contributed by atoms with Crippen molar-refractivity contribution >= 4 is 5.97 Å². The Morgan fingerprint density at radius 2 is 1.88 bits per heavy atom. The summed E-state index contributed by atoms with van der Waals surface area (Å²) < 4.78 is 0. The number of hydrogen-bond acceptors (Lipinski definition) is 2. The number of nitrogens with zero attached hydrogens (tertiary/aromatic N) is 1. The molecular weight excluding hydrogens is 202 g/mol. The molecule has 0 heterocycles. The minimum Gasteiger partial charge on any atom is -0.480 e. The third-order valence-electron chi connectivity index (χ3n) is 2.70. The SMILES string of the molecule is Cc1cc(C)c(C[C@H](C#N)C(=O)O)c(C)c1. The van der Waals surface area contributed by atoms with Gasteiger partial charge in [-0.3, -0.25) is 4.79 Å². The molecule has 0 amide bonds. The third-order valence-corrected chi connectivity index (χ3v) is 2.70. The van der Waals surface area contributed by atoms with Gasteiger partial charge in [-0.25, -0.2) is 0 Å². The van der Waals surface area contributed by atoms with Crippen LogP contribution in [0.15, 0.2) is 12.1 Å². The quantitative estimate of drug-likeness (QED) is 0.845. The van der Waals surface area contributed by atoms with Gasteiger partial charge in [0.15, 0.2) is 0 Å². The van der Waals surface area contributed by atoms with Crippen molar-refractivity contribution in [1.29, 1.82) is 5.26 Å². The Morgan fingerprint density at radius 1 is 1.38 bits per heavy atom. The maximum Gasteiger partial charge on any atom is 0.321 e. The first kappa shape index (κ1) is 12.3. The zero-order valence-electron chi connectivity index (χ0n) is 9.74. The molecule has 0 bridgehead atoms. The summed E-state index contributed by atoms with van der Waals surface area (Å²) in [4.78, 5) is 10.8. The first-order valence-corrected chi connectivity index (χ1v) is 5.15. The molecule has 0 saturated heterocycles. The number of hydrogen-bond donors (Lipinski definition) is 1. The van der Waals surface area contributed by atoms with Crippen LogP contribution in [0.4, 0.5) is 0 Å². The van der Waals surface area contributed by atoms with Crippen LogP contribution in [0.1, 0.15) is 22.3 Å². The fourth-order valence-corrected chi connectivity index (χ4v) is 1.92. The second kappa shape index (κ2) is 4.80. The smallest absolute Gasteiger partial charge is 0.321 e. The highest BCUT2D eigenvalue weighted by molar-refractivity contribution is 5.73. The van der Waals surface area contributed by atoms with Crippen molar-refractivity contribution in [3.8, 4) is 6.07 Å². The van der Waals surface area contributed by atoms with E-state index in [1.54, 1.807) is 0 Å². The molecule has 3 heteroatoms. The van der Waals surface area contributed by atoms with Crippen molar-refractivity contribution in [2.45, 2.75) is 27.2 Å². The lowest BCUT2D eigenvalue weighted by Gasteiger charge is -2.12. The van der Waals surface area contributed by atoms with Crippen molar-refractivity contribution < 1.29 is 9.90 Å². The van der Waals surface area contributed by atoms with Gasteiger partial charge in [-0.1, -0.05) is 17.7 Å². The highest BCUT2D eigenvalue weighted by Gasteiger charge is 2.19. The zero-order chi connectivity index (χ0) is 12.3. The van der Waals surface area contributed by atoms with Crippen LogP contribution >= 0.6 is 0 Å². The molecule has 1 aromatic carbocycles. The summed E-state index contributed by atoms with van der Waals surface area (Å²) in [6.07, 6.45) is 0.282. The molecule has 0 aromatic heterocycles. The van der Waals surface area contributed by atoms with Gasteiger partial charge in [0.25, 0.3) is 0 Å². The van der Waals surface area contributed by atoms with Gasteiger partial charge in [0, 0.05) is 0 Å². The van der Waals surface area contributed by atoms with Gasteiger partial charge >= 0.3 is 5.97 Å². The topological polar surface area (TPSA) is 61.1 Å². The predicted molar refractivity (Wildman–Crippen MR) is 61.1 cm³/mol. The lowest BCUT2D eigenvalue weighted by atomic mass is 9.92. The zero-order valence-corrected chi connectivity index (χ0v) is 9.74. The summed E-state index contributed by atoms with van der Waals surface area (Å²) in [6, 6.07) is 5.84. The van der Waals surface area contributed by atoms with Crippen LogP contribution in [0.2, 0.25) is 0 Å². The van der Waals surface area contributed by atoms with Gasteiger partial charge in [0.05, 0.1) is 6.07 Å². The summed E-state index contributed by atoms with van der Waals surface area (Å²) in [7, 11) is 0. The molecule has 3 nitrogen and oxygen atoms in total. The van der Waals surface area contributed by atoms with Crippen LogP contribution in [0, 0.1) is 38.0 Å². The Balaban J connectivity index is 3.07. The Bertz CT molecular complexity index is 434. The van der Waals surface area contributed by atoms with Crippen molar-refractivity contribution in [3.63, 3.8) is 0 Å². The van der Waals surface area contributed by atoms with Crippen LogP contribution in [0.3, 0.4) is 0 Å². The molecule has 0 aliphatic heterocycles. The van der Waals surface area contributed by atoms with Gasteiger partial charge < -0.3 is 5.11 Å². The third kappa shape index (κ3) is 2.60. The van der Waals surface area contributed by atoms with Crippen molar-refractivity contribution in [2.24, 2.45) is 5.92 Å². The van der Waals surface area contributed by atoms with E-state index in [0.29, 0.717) is 0 Å². The maximum absolute atomic E-state index is 10.8. The predicted octanol–water partition coefficient (Wildman–Crippen LogP) is 2.38. The first-order chi connectivity index (χ1) is 7.45. The molecular formula is C13H15NO2. The summed E-state index contributed by atoms with van der Waals surface area (Å²) >= 11 is 0. The van der Waals surface area contributed by atoms with E-state index in [9.17, 15) is 4.79 Å². The Hall–Kier alpha value is -1.82. The van der Waals surface area contributed by atoms with Gasteiger partial charge in [-0.05, 0) is 43.9 Å². The molecule has 0 unspecified atom stereocenters. The highest BCUT2D eigenvalue weighted by Crippen LogP contribution is 2.20. The Labute approximate surface area is 95.3 Å². The fraction of sp³-hybridized carbons (Fsp3) is 0.385. The number of nitriles is 1. The molecule has 16 heavy (non-hydrogen) atoms. The molecule has 0 aliphatic rings. The van der Waals surface area contributed by atoms with Crippen LogP contribution in [-0.4, -0.2) is 11.1 Å². The average molecular weight is 217 g/mol. The molecule has 1 rings (SSSR count). The summed E-state index contributed by atoms with van der Waals surface area (Å²) in [6.45, 7) is 5.90. The number of aliphatic carboxylic acids is 1. The molecule has 1 N–H and O–H groups in total. The molecule has 0 spiro atoms. The van der Waals surface area contributed by atoms with E-state index in [-0.39, 0.29) is 6.42 Å². The fourth-order valence-electron chi connectivity index (χ4n) is 1.92. The van der Waals surface area contributed by atoms with Crippen molar-refractivity contribution in [2.75, 3.05) is 0 Å². The van der Waals surface area contributed by atoms with E-state index in [1.807, 2.05) is 39.0 Å². The number of carboxylic acid groups (broad SMARTS) is 1. The molecule has 84 valence electrons. The molecule has 0 radical (unpaired) electrons. The summed E-state index contributed by atoms with van der Waals surface area (Å²) in [5.74, 6) is -2.01. The van der Waals surface area contributed by atoms with E-state index in [2.05, 4.69) is 0 Å². The molecule has 0 fully saturated rings. The number of benzene rings is 1. The monoisotopic (exact) mass is 217 g/mol. The summed E-state index contributed by atoms with van der Waals surface area (Å²) in [5.41, 5.74) is 4.24. The number of aryl methyl sites for hydroxylation is 3. The average Bonchev–Trinajstić information content (AvgIpc) is 2.15. The van der Waals surface area contributed by atoms with Crippen molar-refractivity contribution in [1.82, 2.24) is 0 Å². The van der Waals surface area contributed by atoms with E-state index < -0.39 is 11.9 Å². The Kier molecular flexibility index (Phi) is 3.68. The largest absolute Gasteiger partial charge is 0.480 e. The van der Waals surface area contributed by atoms with Crippen LogP contribution in [0.25, 0.3) is 0 Å². The van der Waals surface area contributed by atoms with E-state index in [0.717, 1.165) is 22.3 Å². The second-order valence-electron chi connectivity index (χ2n) is 4.10. The number of carbonyl (C=O) groups is 1. The second-order valence-corrected chi connectivity index (χ2v) is 4.10. The lowest BCUT2D eigenvalue weighted by molar-refractivity contribution is -0.139. The van der Waals surface area contributed by atoms with Crippen LogP contribution < -0.4 is 0 Å². The molecule has 0 saturated carbocycles. The van der Waals surface area contributed by atoms with E-state index in [1.165, 1.54) is 0 Å². The van der Waals surface area contributed by atoms with Crippen molar-refractivity contribution in [3.05, 3.63) is 34.4 Å². The Morgan fingerprint density at radius 3 is 2.25 bits per heavy atom. The van der Waals surface area contributed by atoms with E-state index >= 15 is 0 Å². The number of carboxylic acids is 1. The first-order valence-electron chi connectivity index (χ1n) is 5.15. The van der Waals surface area contributed by atoms with E-state index in [4.69, 9.17) is 10.4 Å². The van der Waals surface area contributed by atoms with Gasteiger partial charge in [0.2, 0.25) is 0 Å². The lowest BCUT2D eigenvalue weighted by Crippen LogP contribution is -2.15. The molecule has 1 aromatic rings. The van der Waals surface area contributed by atoms with Crippen LogP contribution in [0.5, 0.6) is 0 Å². The normalized spacial score (nSPS) is 11.9. The summed E-state index contributed by atoms with van der Waals surface area (Å²) in [5, 5.41) is 17.6. The minimum atomic E-state index is -1.05. The number of rotatable bonds is 3. The molecule has 0 aliphatic carbocycles. The van der Waals surface area contributed by atoms with Gasteiger partial charge in [0.1, 0.15) is 5.92 Å². The highest BCUT2D eigenvalue weighted by atomic mass is 16.4. The van der Waals surface area contributed by atoms with Crippen LogP contribution in [-0.2, 0) is 11.2 Å².